The molecule has 0 aromatic carbocycles. The number of aromatic amines is 1. The summed E-state index contributed by atoms with van der Waals surface area (Å²) in [5, 5.41) is 14.4. The zero-order chi connectivity index (χ0) is 12.4. The average molecular weight is 238 g/mol. The predicted molar refractivity (Wildman–Crippen MR) is 57.8 cm³/mol. The van der Waals surface area contributed by atoms with Crippen molar-refractivity contribution in [2.75, 3.05) is 0 Å². The first-order chi connectivity index (χ1) is 8.08. The molecule has 2 rings (SSSR count). The van der Waals surface area contributed by atoms with E-state index in [1.807, 2.05) is 0 Å². The molecule has 3 atom stereocenters. The summed E-state index contributed by atoms with van der Waals surface area (Å²) in [4.78, 5) is 30.0. The third-order valence-corrected chi connectivity index (χ3v) is 2.67. The van der Waals surface area contributed by atoms with Crippen molar-refractivity contribution < 1.29 is 14.7 Å². The van der Waals surface area contributed by atoms with Gasteiger partial charge in [0.15, 0.2) is 0 Å². The van der Waals surface area contributed by atoms with Crippen molar-refractivity contribution in [3.8, 4) is 0 Å². The van der Waals surface area contributed by atoms with Crippen molar-refractivity contribution in [1.29, 1.82) is 0 Å². The van der Waals surface area contributed by atoms with Crippen LogP contribution in [0.25, 0.3) is 0 Å². The van der Waals surface area contributed by atoms with Crippen LogP contribution in [0.5, 0.6) is 0 Å². The Bertz CT molecular complexity index is 415. The lowest BCUT2D eigenvalue weighted by Gasteiger charge is -2.30. The highest BCUT2D eigenvalue weighted by Gasteiger charge is 2.36. The van der Waals surface area contributed by atoms with Gasteiger partial charge >= 0.3 is 0 Å². The molecule has 1 saturated heterocycles. The maximum atomic E-state index is 11.7. The topological polar surface area (TPSA) is 107 Å². The minimum Gasteiger partial charge on any atom is -0.391 e. The lowest BCUT2D eigenvalue weighted by atomic mass is 10.0. The number of nitrogens with zero attached hydrogens (tertiary/aromatic N) is 1. The van der Waals surface area contributed by atoms with Crippen molar-refractivity contribution in [3.63, 3.8) is 0 Å². The number of carbonyl (C=O) groups excluding carboxylic acids is 2. The van der Waals surface area contributed by atoms with Crippen LogP contribution in [0, 0.1) is 0 Å². The number of aromatic nitrogens is 2. The van der Waals surface area contributed by atoms with Gasteiger partial charge in [-0.25, -0.2) is 4.98 Å². The lowest BCUT2D eigenvalue weighted by Crippen LogP contribution is -2.65. The summed E-state index contributed by atoms with van der Waals surface area (Å²) in [6.45, 7) is 1.46. The molecule has 7 heteroatoms. The van der Waals surface area contributed by atoms with Crippen LogP contribution in [0.2, 0.25) is 0 Å². The van der Waals surface area contributed by atoms with Gasteiger partial charge < -0.3 is 20.7 Å². The van der Waals surface area contributed by atoms with E-state index >= 15 is 0 Å². The molecule has 7 nitrogen and oxygen atoms in total. The van der Waals surface area contributed by atoms with Gasteiger partial charge in [-0.2, -0.15) is 0 Å². The molecular formula is C10H14N4O3. The molecule has 1 aromatic heterocycles. The number of piperazine rings is 1. The number of imidazole rings is 1. The summed E-state index contributed by atoms with van der Waals surface area (Å²) in [7, 11) is 0. The number of rotatable bonds is 3. The van der Waals surface area contributed by atoms with E-state index in [1.54, 1.807) is 6.20 Å². The molecule has 0 unspecified atom stereocenters. The predicted octanol–water partition coefficient (Wildman–Crippen LogP) is -1.68. The molecule has 0 bridgehead atoms. The Morgan fingerprint density at radius 2 is 2.18 bits per heavy atom. The van der Waals surface area contributed by atoms with E-state index in [0.29, 0.717) is 6.42 Å². The van der Waals surface area contributed by atoms with Gasteiger partial charge in [0.2, 0.25) is 11.8 Å². The first-order valence-electron chi connectivity index (χ1n) is 5.34. The number of H-pyrrole nitrogens is 1. The van der Waals surface area contributed by atoms with Gasteiger partial charge in [-0.3, -0.25) is 9.59 Å². The molecule has 2 amide bonds. The molecule has 0 saturated carbocycles. The molecule has 1 aliphatic rings. The fraction of sp³-hybridized carbons (Fsp3) is 0.500. The fourth-order valence-corrected chi connectivity index (χ4v) is 1.75. The maximum Gasteiger partial charge on any atom is 0.245 e. The highest BCUT2D eigenvalue weighted by molar-refractivity contribution is 5.97. The van der Waals surface area contributed by atoms with Gasteiger partial charge in [-0.1, -0.05) is 0 Å². The largest absolute Gasteiger partial charge is 0.391 e. The molecule has 0 aliphatic carbocycles. The summed E-state index contributed by atoms with van der Waals surface area (Å²) in [5.74, 6) is -0.672. The highest BCUT2D eigenvalue weighted by atomic mass is 16.3. The normalized spacial score (nSPS) is 26.2. The highest BCUT2D eigenvalue weighted by Crippen LogP contribution is 2.06. The molecular weight excluding hydrogens is 224 g/mol. The van der Waals surface area contributed by atoms with E-state index in [0.717, 1.165) is 5.69 Å². The van der Waals surface area contributed by atoms with E-state index in [2.05, 4.69) is 20.6 Å². The van der Waals surface area contributed by atoms with Crippen LogP contribution in [0.3, 0.4) is 0 Å². The molecule has 1 fully saturated rings. The van der Waals surface area contributed by atoms with E-state index in [4.69, 9.17) is 0 Å². The van der Waals surface area contributed by atoms with Gasteiger partial charge in [-0.05, 0) is 6.92 Å². The van der Waals surface area contributed by atoms with Gasteiger partial charge in [0, 0.05) is 18.3 Å². The molecule has 0 spiro atoms. The van der Waals surface area contributed by atoms with Crippen LogP contribution in [0.1, 0.15) is 12.6 Å². The molecule has 17 heavy (non-hydrogen) atoms. The van der Waals surface area contributed by atoms with Crippen molar-refractivity contribution in [2.24, 2.45) is 0 Å². The maximum absolute atomic E-state index is 11.7. The van der Waals surface area contributed by atoms with Crippen molar-refractivity contribution in [3.05, 3.63) is 18.2 Å². The van der Waals surface area contributed by atoms with Crippen LogP contribution >= 0.6 is 0 Å². The summed E-state index contributed by atoms with van der Waals surface area (Å²) < 4.78 is 0. The average Bonchev–Trinajstić information content (AvgIpc) is 2.75. The summed E-state index contributed by atoms with van der Waals surface area (Å²) >= 11 is 0. The number of hydrogen-bond donors (Lipinski definition) is 4. The number of nitrogens with one attached hydrogen (secondary N) is 3. The Balaban J connectivity index is 2.03. The zero-order valence-electron chi connectivity index (χ0n) is 9.30. The van der Waals surface area contributed by atoms with E-state index in [-0.39, 0.29) is 11.8 Å². The molecule has 1 aromatic rings. The lowest BCUT2D eigenvalue weighted by molar-refractivity contribution is -0.139. The second-order valence-corrected chi connectivity index (χ2v) is 4.07. The van der Waals surface area contributed by atoms with Crippen molar-refractivity contribution >= 4 is 11.8 Å². The summed E-state index contributed by atoms with van der Waals surface area (Å²) in [6.07, 6.45) is 2.55. The molecule has 92 valence electrons. The molecule has 0 radical (unpaired) electrons. The van der Waals surface area contributed by atoms with Crippen molar-refractivity contribution in [2.45, 2.75) is 31.5 Å². The minimum absolute atomic E-state index is 0.301. The van der Waals surface area contributed by atoms with E-state index in [1.165, 1.54) is 13.3 Å². The Hall–Kier alpha value is -1.89. The second-order valence-electron chi connectivity index (χ2n) is 4.07. The number of amides is 2. The van der Waals surface area contributed by atoms with Crippen LogP contribution in [0.4, 0.5) is 0 Å². The monoisotopic (exact) mass is 238 g/mol. The Morgan fingerprint density at radius 3 is 2.76 bits per heavy atom. The van der Waals surface area contributed by atoms with Crippen LogP contribution in [0.15, 0.2) is 12.5 Å². The SMILES string of the molecule is C[C@H](O)[C@@H]1NC(=O)[C@H](Cc2cnc[nH]2)NC1=O. The van der Waals surface area contributed by atoms with Gasteiger partial charge in [0.05, 0.1) is 12.4 Å². The van der Waals surface area contributed by atoms with Crippen LogP contribution in [-0.2, 0) is 16.0 Å². The first-order valence-corrected chi connectivity index (χ1v) is 5.34. The summed E-state index contributed by atoms with van der Waals surface area (Å²) in [6, 6.07) is -1.50. The smallest absolute Gasteiger partial charge is 0.245 e. The van der Waals surface area contributed by atoms with Gasteiger partial charge in [0.25, 0.3) is 0 Å². The van der Waals surface area contributed by atoms with Crippen molar-refractivity contribution in [1.82, 2.24) is 20.6 Å². The Labute approximate surface area is 97.6 Å². The van der Waals surface area contributed by atoms with Crippen LogP contribution < -0.4 is 10.6 Å². The Morgan fingerprint density at radius 1 is 1.41 bits per heavy atom. The zero-order valence-corrected chi connectivity index (χ0v) is 9.30. The standard InChI is InChI=1S/C10H14N4O3/c1-5(15)8-10(17)13-7(9(16)14-8)2-6-3-11-4-12-6/h3-5,7-8,15H,2H2,1H3,(H,11,12)(H,13,17)(H,14,16)/t5-,7-,8-/m0/s1. The molecule has 2 heterocycles. The third kappa shape index (κ3) is 2.44. The number of aliphatic hydroxyl groups excluding tert-OH is 1. The summed E-state index contributed by atoms with van der Waals surface area (Å²) in [5.41, 5.74) is 0.765. The van der Waals surface area contributed by atoms with E-state index in [9.17, 15) is 14.7 Å². The third-order valence-electron chi connectivity index (χ3n) is 2.67. The number of hydrogen-bond acceptors (Lipinski definition) is 4. The second kappa shape index (κ2) is 4.54. The number of carbonyl (C=O) groups is 2. The van der Waals surface area contributed by atoms with Gasteiger partial charge in [-0.15, -0.1) is 0 Å². The van der Waals surface area contributed by atoms with Gasteiger partial charge in [0.1, 0.15) is 12.1 Å². The quantitative estimate of drug-likeness (QED) is 0.504. The Kier molecular flexibility index (Phi) is 3.10. The first kappa shape index (κ1) is 11.6. The fourth-order valence-electron chi connectivity index (χ4n) is 1.75. The van der Waals surface area contributed by atoms with E-state index < -0.39 is 18.2 Å². The minimum atomic E-state index is -0.910. The van der Waals surface area contributed by atoms with Crippen LogP contribution in [-0.4, -0.2) is 45.1 Å². The number of aliphatic hydroxyl groups is 1. The molecule has 4 N–H and O–H groups in total. The molecule has 1 aliphatic heterocycles.